The first kappa shape index (κ1) is 25.3. The van der Waals surface area contributed by atoms with Crippen molar-refractivity contribution in [1.82, 2.24) is 0 Å². The van der Waals surface area contributed by atoms with E-state index < -0.39 is 23.4 Å². The molecule has 0 radical (unpaired) electrons. The van der Waals surface area contributed by atoms with E-state index in [1.54, 1.807) is 61.7 Å². The Labute approximate surface area is 242 Å². The number of ketones is 2. The highest BCUT2D eigenvalue weighted by atomic mass is 35.5. The molecule has 3 aliphatic rings. The van der Waals surface area contributed by atoms with Gasteiger partial charge in [-0.2, -0.15) is 0 Å². The SMILES string of the molecule is COc1ccc(C(=O)[C@@H]2[C@@H](C(=O)c3ccccc3)N3c4ccc(Cl)cc4C=C[C@@H]3[C@@]23C(=O)Nc2ccccc23)cc1. The lowest BCUT2D eigenvalue weighted by Gasteiger charge is -2.37. The fourth-order valence-electron chi connectivity index (χ4n) is 6.86. The van der Waals surface area contributed by atoms with Crippen LogP contribution in [0.25, 0.3) is 6.08 Å². The topological polar surface area (TPSA) is 75.7 Å². The maximum absolute atomic E-state index is 14.8. The second-order valence-electron chi connectivity index (χ2n) is 10.5. The van der Waals surface area contributed by atoms with Crippen molar-refractivity contribution in [3.05, 3.63) is 130 Å². The molecule has 1 fully saturated rings. The minimum Gasteiger partial charge on any atom is -0.497 e. The van der Waals surface area contributed by atoms with E-state index in [9.17, 15) is 14.4 Å². The largest absolute Gasteiger partial charge is 0.497 e. The Hall–Kier alpha value is -4.68. The van der Waals surface area contributed by atoms with Gasteiger partial charge in [0.25, 0.3) is 0 Å². The number of carbonyl (C=O) groups is 3. The van der Waals surface area contributed by atoms with Gasteiger partial charge in [0, 0.05) is 27.5 Å². The van der Waals surface area contributed by atoms with Gasteiger partial charge in [-0.05, 0) is 59.7 Å². The van der Waals surface area contributed by atoms with Crippen LogP contribution >= 0.6 is 11.6 Å². The van der Waals surface area contributed by atoms with Crippen LogP contribution in [0.1, 0.15) is 31.8 Å². The summed E-state index contributed by atoms with van der Waals surface area (Å²) in [5, 5.41) is 3.60. The van der Waals surface area contributed by atoms with Crippen molar-refractivity contribution in [2.75, 3.05) is 17.3 Å². The quantitative estimate of drug-likeness (QED) is 0.294. The van der Waals surface area contributed by atoms with Crippen LogP contribution < -0.4 is 15.0 Å². The first-order valence-electron chi connectivity index (χ1n) is 13.4. The number of hydrogen-bond acceptors (Lipinski definition) is 5. The van der Waals surface area contributed by atoms with Crippen LogP contribution in [0.2, 0.25) is 5.02 Å². The number of fused-ring (bicyclic) bond motifs is 6. The Kier molecular flexibility index (Phi) is 5.84. The average molecular weight is 561 g/mol. The average Bonchev–Trinajstić information content (AvgIpc) is 3.49. The smallest absolute Gasteiger partial charge is 0.238 e. The monoisotopic (exact) mass is 560 g/mol. The van der Waals surface area contributed by atoms with E-state index in [0.29, 0.717) is 33.1 Å². The van der Waals surface area contributed by atoms with Crippen LogP contribution in [0.15, 0.2) is 103 Å². The highest BCUT2D eigenvalue weighted by Gasteiger charge is 2.70. The highest BCUT2D eigenvalue weighted by molar-refractivity contribution is 6.31. The second-order valence-corrected chi connectivity index (χ2v) is 11.0. The zero-order valence-electron chi connectivity index (χ0n) is 22.1. The number of methoxy groups -OCH3 is 1. The molecule has 4 atom stereocenters. The minimum absolute atomic E-state index is 0.229. The first-order valence-corrected chi connectivity index (χ1v) is 13.8. The summed E-state index contributed by atoms with van der Waals surface area (Å²) in [6, 6.07) is 27.1. The third-order valence-corrected chi connectivity index (χ3v) is 8.81. The number of rotatable bonds is 5. The Bertz CT molecular complexity index is 1750. The molecule has 3 aliphatic heterocycles. The summed E-state index contributed by atoms with van der Waals surface area (Å²) in [6.07, 6.45) is 3.87. The van der Waals surface area contributed by atoms with Crippen LogP contribution in [0.3, 0.4) is 0 Å². The lowest BCUT2D eigenvalue weighted by molar-refractivity contribution is -0.121. The fourth-order valence-corrected chi connectivity index (χ4v) is 7.04. The number of nitrogens with zero attached hydrogens (tertiary/aromatic N) is 1. The van der Waals surface area contributed by atoms with Crippen LogP contribution in [0.5, 0.6) is 5.75 Å². The Balaban J connectivity index is 1.52. The van der Waals surface area contributed by atoms with E-state index in [0.717, 1.165) is 11.3 Å². The Morgan fingerprint density at radius 3 is 2.34 bits per heavy atom. The van der Waals surface area contributed by atoms with Gasteiger partial charge in [-0.25, -0.2) is 0 Å². The molecule has 0 aromatic heterocycles. The van der Waals surface area contributed by atoms with Crippen molar-refractivity contribution < 1.29 is 19.1 Å². The normalized spacial score (nSPS) is 23.5. The maximum Gasteiger partial charge on any atom is 0.238 e. The van der Waals surface area contributed by atoms with E-state index in [1.165, 1.54) is 0 Å². The van der Waals surface area contributed by atoms with Crippen LogP contribution in [0, 0.1) is 5.92 Å². The number of para-hydroxylation sites is 1. The van der Waals surface area contributed by atoms with Gasteiger partial charge in [-0.3, -0.25) is 14.4 Å². The van der Waals surface area contributed by atoms with Crippen LogP contribution in [0.4, 0.5) is 11.4 Å². The van der Waals surface area contributed by atoms with Crippen molar-refractivity contribution in [1.29, 1.82) is 0 Å². The summed E-state index contributed by atoms with van der Waals surface area (Å²) >= 11 is 6.36. The molecule has 7 heteroatoms. The summed E-state index contributed by atoms with van der Waals surface area (Å²) in [5.74, 6) is -1.25. The van der Waals surface area contributed by atoms with Gasteiger partial charge in [-0.1, -0.05) is 72.3 Å². The van der Waals surface area contributed by atoms with E-state index in [1.807, 2.05) is 59.5 Å². The minimum atomic E-state index is -1.36. The summed E-state index contributed by atoms with van der Waals surface area (Å²) in [6.45, 7) is 0. The zero-order chi connectivity index (χ0) is 28.3. The highest BCUT2D eigenvalue weighted by Crippen LogP contribution is 2.58. The molecule has 1 amide bonds. The van der Waals surface area contributed by atoms with Crippen molar-refractivity contribution in [2.45, 2.75) is 17.5 Å². The third-order valence-electron chi connectivity index (χ3n) is 8.58. The zero-order valence-corrected chi connectivity index (χ0v) is 22.8. The number of halogens is 1. The molecule has 1 spiro atoms. The summed E-state index contributed by atoms with van der Waals surface area (Å²) in [4.78, 5) is 45.7. The van der Waals surface area contributed by atoms with Gasteiger partial charge in [0.1, 0.15) is 17.2 Å². The Morgan fingerprint density at radius 2 is 1.59 bits per heavy atom. The van der Waals surface area contributed by atoms with E-state index >= 15 is 0 Å². The molecule has 41 heavy (non-hydrogen) atoms. The fraction of sp³-hybridized carbons (Fsp3) is 0.147. The molecule has 4 aromatic carbocycles. The van der Waals surface area contributed by atoms with E-state index in [2.05, 4.69) is 5.32 Å². The van der Waals surface area contributed by atoms with Gasteiger partial charge in [-0.15, -0.1) is 0 Å². The van der Waals surface area contributed by atoms with Gasteiger partial charge < -0.3 is 15.0 Å². The number of ether oxygens (including phenoxy) is 1. The Morgan fingerprint density at radius 1 is 0.878 bits per heavy atom. The molecule has 1 N–H and O–H groups in total. The number of anilines is 2. The molecule has 1 saturated heterocycles. The van der Waals surface area contributed by atoms with Gasteiger partial charge in [0.05, 0.1) is 19.1 Å². The van der Waals surface area contributed by atoms with E-state index in [-0.39, 0.29) is 17.5 Å². The molecular weight excluding hydrogens is 536 g/mol. The second kappa shape index (κ2) is 9.46. The number of benzene rings is 4. The van der Waals surface area contributed by atoms with E-state index in [4.69, 9.17) is 16.3 Å². The molecule has 0 saturated carbocycles. The summed E-state index contributed by atoms with van der Waals surface area (Å²) in [5.41, 5.74) is 2.43. The predicted octanol–water partition coefficient (Wildman–Crippen LogP) is 6.20. The van der Waals surface area contributed by atoms with Crippen LogP contribution in [-0.2, 0) is 10.2 Å². The third kappa shape index (κ3) is 3.60. The first-order chi connectivity index (χ1) is 19.9. The molecule has 0 bridgehead atoms. The molecule has 4 aromatic rings. The van der Waals surface area contributed by atoms with Gasteiger partial charge in [0.2, 0.25) is 5.91 Å². The molecule has 7 rings (SSSR count). The lowest BCUT2D eigenvalue weighted by atomic mass is 9.64. The van der Waals surface area contributed by atoms with Crippen molar-refractivity contribution >= 4 is 46.5 Å². The van der Waals surface area contributed by atoms with Crippen molar-refractivity contribution in [3.8, 4) is 5.75 Å². The lowest BCUT2D eigenvalue weighted by Crippen LogP contribution is -2.51. The number of amides is 1. The number of nitrogens with one attached hydrogen (secondary N) is 1. The molecule has 202 valence electrons. The number of Topliss-reactive ketones (excluding diaryl/α,β-unsaturated/α-hetero) is 2. The van der Waals surface area contributed by atoms with Crippen LogP contribution in [-0.4, -0.2) is 36.7 Å². The molecular formula is C34H25ClN2O4. The maximum atomic E-state index is 14.8. The predicted molar refractivity (Wildman–Crippen MR) is 159 cm³/mol. The molecule has 6 nitrogen and oxygen atoms in total. The molecule has 0 aliphatic carbocycles. The van der Waals surface area contributed by atoms with Gasteiger partial charge >= 0.3 is 0 Å². The molecule has 0 unspecified atom stereocenters. The summed E-state index contributed by atoms with van der Waals surface area (Å²) < 4.78 is 5.32. The number of carbonyl (C=O) groups excluding carboxylic acids is 3. The van der Waals surface area contributed by atoms with Crippen molar-refractivity contribution in [3.63, 3.8) is 0 Å². The standard InChI is InChI=1S/C34H25ClN2O4/c1-41-24-15-11-21(12-16-24)31(38)29-30(32(39)20-7-3-2-4-8-20)37-27-17-14-23(35)19-22(27)13-18-28(37)34(29)25-9-5-6-10-26(25)36-33(34)40/h2-19,28-30H,1H3,(H,36,40)/t28-,29+,30+,34-/m1/s1. The van der Waals surface area contributed by atoms with Crippen molar-refractivity contribution in [2.24, 2.45) is 5.92 Å². The molecule has 3 heterocycles. The summed E-state index contributed by atoms with van der Waals surface area (Å²) in [7, 11) is 1.56. The van der Waals surface area contributed by atoms with Gasteiger partial charge in [0.15, 0.2) is 11.6 Å². The number of hydrogen-bond donors (Lipinski definition) is 1.